The first-order chi connectivity index (χ1) is 14.6. The van der Waals surface area contributed by atoms with Crippen molar-refractivity contribution < 1.29 is 14.0 Å². The molecule has 0 aliphatic rings. The maximum atomic E-state index is 12.6. The molecular weight excluding hydrogens is 388 g/mol. The Bertz CT molecular complexity index is 1300. The van der Waals surface area contributed by atoms with E-state index in [0.29, 0.717) is 28.6 Å². The van der Waals surface area contributed by atoms with Crippen molar-refractivity contribution >= 4 is 0 Å². The van der Waals surface area contributed by atoms with Crippen LogP contribution in [0.15, 0.2) is 75.0 Å². The molecule has 0 aliphatic heterocycles. The Balaban J connectivity index is 1.64. The summed E-state index contributed by atoms with van der Waals surface area (Å²) in [6.07, 6.45) is 2.99. The summed E-state index contributed by atoms with van der Waals surface area (Å²) in [5.74, 6) is 1.70. The van der Waals surface area contributed by atoms with Crippen molar-refractivity contribution in [3.05, 3.63) is 87.5 Å². The molecule has 9 heteroatoms. The lowest BCUT2D eigenvalue weighted by Crippen LogP contribution is -2.40. The van der Waals surface area contributed by atoms with Gasteiger partial charge in [0.1, 0.15) is 18.0 Å². The van der Waals surface area contributed by atoms with E-state index in [2.05, 4.69) is 10.1 Å². The molecule has 30 heavy (non-hydrogen) atoms. The van der Waals surface area contributed by atoms with Crippen LogP contribution in [0.3, 0.4) is 0 Å². The van der Waals surface area contributed by atoms with Crippen LogP contribution in [0.5, 0.6) is 11.5 Å². The van der Waals surface area contributed by atoms with E-state index in [9.17, 15) is 9.59 Å². The number of aromatic nitrogens is 4. The van der Waals surface area contributed by atoms with Crippen LogP contribution in [0.25, 0.3) is 17.1 Å². The summed E-state index contributed by atoms with van der Waals surface area (Å²) in [5, 5.41) is 3.94. The topological polar surface area (TPSA) is 101 Å². The molecule has 0 unspecified atom stereocenters. The number of nitrogens with zero attached hydrogens (tertiary/aromatic N) is 4. The summed E-state index contributed by atoms with van der Waals surface area (Å²) in [6, 6.07) is 14.2. The van der Waals surface area contributed by atoms with Gasteiger partial charge in [-0.2, -0.15) is 4.98 Å². The lowest BCUT2D eigenvalue weighted by Gasteiger charge is -2.11. The Morgan fingerprint density at radius 2 is 1.80 bits per heavy atom. The Morgan fingerprint density at radius 1 is 0.967 bits per heavy atom. The molecule has 0 saturated carbocycles. The third kappa shape index (κ3) is 3.60. The minimum Gasteiger partial charge on any atom is -0.497 e. The third-order valence-electron chi connectivity index (χ3n) is 4.50. The summed E-state index contributed by atoms with van der Waals surface area (Å²) < 4.78 is 18.2. The fraction of sp³-hybridized carbons (Fsp3) is 0.143. The molecule has 0 fully saturated rings. The Labute approximate surface area is 170 Å². The second kappa shape index (κ2) is 8.08. The van der Waals surface area contributed by atoms with Gasteiger partial charge in [-0.15, -0.1) is 0 Å². The molecule has 4 aromatic rings. The zero-order chi connectivity index (χ0) is 21.1. The molecule has 9 nitrogen and oxygen atoms in total. The molecule has 0 saturated heterocycles. The molecular formula is C21H18N4O5. The highest BCUT2D eigenvalue weighted by atomic mass is 16.5. The lowest BCUT2D eigenvalue weighted by atomic mass is 10.2. The van der Waals surface area contributed by atoms with Crippen LogP contribution in [0.1, 0.15) is 5.89 Å². The highest BCUT2D eigenvalue weighted by Gasteiger charge is 2.14. The normalized spacial score (nSPS) is 10.7. The number of benzene rings is 2. The van der Waals surface area contributed by atoms with Crippen molar-refractivity contribution in [2.75, 3.05) is 14.2 Å². The molecule has 0 radical (unpaired) electrons. The van der Waals surface area contributed by atoms with E-state index in [-0.39, 0.29) is 12.4 Å². The molecule has 4 rings (SSSR count). The standard InChI is InChI=1S/C21H18N4O5/c1-28-15-7-5-6-14(12-15)19-22-18(30-23-19)13-24-10-11-25(21(27)20(24)26)16-8-3-4-9-17(16)29-2/h3-12H,13H2,1-2H3. The zero-order valence-electron chi connectivity index (χ0n) is 16.3. The first-order valence-corrected chi connectivity index (χ1v) is 9.03. The SMILES string of the molecule is COc1cccc(-c2noc(Cn3ccn(-c4ccccc4OC)c(=O)c3=O)n2)c1. The Kier molecular flexibility index (Phi) is 5.17. The van der Waals surface area contributed by atoms with Gasteiger partial charge in [0.05, 0.1) is 19.9 Å². The van der Waals surface area contributed by atoms with Gasteiger partial charge in [-0.25, -0.2) is 0 Å². The van der Waals surface area contributed by atoms with E-state index in [1.54, 1.807) is 43.5 Å². The van der Waals surface area contributed by atoms with E-state index < -0.39 is 11.1 Å². The van der Waals surface area contributed by atoms with Crippen LogP contribution in [-0.4, -0.2) is 33.5 Å². The molecule has 0 N–H and O–H groups in total. The number of methoxy groups -OCH3 is 2. The van der Waals surface area contributed by atoms with Gasteiger partial charge in [-0.1, -0.05) is 29.4 Å². The summed E-state index contributed by atoms with van der Waals surface area (Å²) in [4.78, 5) is 29.6. The maximum Gasteiger partial charge on any atom is 0.321 e. The Morgan fingerprint density at radius 3 is 2.60 bits per heavy atom. The minimum absolute atomic E-state index is 0.0300. The lowest BCUT2D eigenvalue weighted by molar-refractivity contribution is 0.369. The maximum absolute atomic E-state index is 12.6. The van der Waals surface area contributed by atoms with Crippen molar-refractivity contribution in [2.45, 2.75) is 6.54 Å². The third-order valence-corrected chi connectivity index (χ3v) is 4.50. The van der Waals surface area contributed by atoms with Gasteiger partial charge in [0.25, 0.3) is 0 Å². The molecule has 0 atom stereocenters. The van der Waals surface area contributed by atoms with Crippen molar-refractivity contribution in [3.8, 4) is 28.6 Å². The minimum atomic E-state index is -0.718. The number of hydrogen-bond donors (Lipinski definition) is 0. The highest BCUT2D eigenvalue weighted by molar-refractivity contribution is 5.56. The molecule has 0 aliphatic carbocycles. The van der Waals surface area contributed by atoms with Crippen LogP contribution in [0, 0.1) is 0 Å². The van der Waals surface area contributed by atoms with Gasteiger partial charge in [-0.3, -0.25) is 18.7 Å². The van der Waals surface area contributed by atoms with Crippen molar-refractivity contribution in [1.82, 2.24) is 19.3 Å². The van der Waals surface area contributed by atoms with E-state index in [0.717, 1.165) is 0 Å². The van der Waals surface area contributed by atoms with Gasteiger partial charge < -0.3 is 14.0 Å². The second-order valence-corrected chi connectivity index (χ2v) is 6.32. The molecule has 0 bridgehead atoms. The molecule has 152 valence electrons. The van der Waals surface area contributed by atoms with Crippen LogP contribution in [0.4, 0.5) is 0 Å². The van der Waals surface area contributed by atoms with Gasteiger partial charge in [0, 0.05) is 18.0 Å². The summed E-state index contributed by atoms with van der Waals surface area (Å²) in [7, 11) is 3.07. The molecule has 2 aromatic carbocycles. The van der Waals surface area contributed by atoms with E-state index in [1.807, 2.05) is 12.1 Å². The predicted molar refractivity (Wildman–Crippen MR) is 108 cm³/mol. The smallest absolute Gasteiger partial charge is 0.321 e. The molecule has 0 spiro atoms. The van der Waals surface area contributed by atoms with Crippen LogP contribution >= 0.6 is 0 Å². The quantitative estimate of drug-likeness (QED) is 0.452. The van der Waals surface area contributed by atoms with E-state index in [4.69, 9.17) is 14.0 Å². The van der Waals surface area contributed by atoms with Crippen LogP contribution < -0.4 is 20.6 Å². The van der Waals surface area contributed by atoms with Crippen LogP contribution in [0.2, 0.25) is 0 Å². The average molecular weight is 406 g/mol. The van der Waals surface area contributed by atoms with E-state index >= 15 is 0 Å². The van der Waals surface area contributed by atoms with Gasteiger partial charge in [0.15, 0.2) is 0 Å². The zero-order valence-corrected chi connectivity index (χ0v) is 16.3. The monoisotopic (exact) mass is 406 g/mol. The van der Waals surface area contributed by atoms with Gasteiger partial charge in [-0.05, 0) is 24.3 Å². The van der Waals surface area contributed by atoms with Gasteiger partial charge in [0.2, 0.25) is 11.7 Å². The predicted octanol–water partition coefficient (Wildman–Crippen LogP) is 2.11. The summed E-state index contributed by atoms with van der Waals surface area (Å²) in [5.41, 5.74) is -0.241. The van der Waals surface area contributed by atoms with Gasteiger partial charge >= 0.3 is 11.1 Å². The fourth-order valence-corrected chi connectivity index (χ4v) is 3.00. The molecule has 0 amide bonds. The van der Waals surface area contributed by atoms with Crippen molar-refractivity contribution in [3.63, 3.8) is 0 Å². The van der Waals surface area contributed by atoms with Crippen LogP contribution in [-0.2, 0) is 6.54 Å². The largest absolute Gasteiger partial charge is 0.497 e. The second-order valence-electron chi connectivity index (χ2n) is 6.32. The fourth-order valence-electron chi connectivity index (χ4n) is 3.00. The first kappa shape index (κ1) is 19.2. The van der Waals surface area contributed by atoms with E-state index in [1.165, 1.54) is 28.6 Å². The summed E-state index contributed by atoms with van der Waals surface area (Å²) >= 11 is 0. The summed E-state index contributed by atoms with van der Waals surface area (Å²) in [6.45, 7) is -0.0300. The van der Waals surface area contributed by atoms with Crippen molar-refractivity contribution in [1.29, 1.82) is 0 Å². The highest BCUT2D eigenvalue weighted by Crippen LogP contribution is 2.22. The number of para-hydroxylation sites is 2. The first-order valence-electron chi connectivity index (χ1n) is 9.03. The molecule has 2 heterocycles. The average Bonchev–Trinajstić information content (AvgIpc) is 3.26. The number of hydrogen-bond acceptors (Lipinski definition) is 7. The number of rotatable bonds is 6. The number of ether oxygens (including phenoxy) is 2. The Hall–Kier alpha value is -4.14. The molecule has 2 aromatic heterocycles. The van der Waals surface area contributed by atoms with Crippen molar-refractivity contribution in [2.24, 2.45) is 0 Å².